The van der Waals surface area contributed by atoms with Crippen molar-refractivity contribution in [2.24, 2.45) is 0 Å². The number of alkyl halides is 3. The van der Waals surface area contributed by atoms with E-state index < -0.39 is 34.1 Å². The van der Waals surface area contributed by atoms with Gasteiger partial charge in [0.15, 0.2) is 5.13 Å². The van der Waals surface area contributed by atoms with E-state index in [2.05, 4.69) is 15.0 Å². The smallest absolute Gasteiger partial charge is 0.477 e. The Bertz CT molecular complexity index is 1480. The quantitative estimate of drug-likeness (QED) is 0.355. The molecule has 1 amide bonds. The van der Waals surface area contributed by atoms with E-state index in [9.17, 15) is 36.3 Å². The first-order valence-corrected chi connectivity index (χ1v) is 14.7. The standard InChI is InChI=1S/C26H27F3N4O6S2/c1-17-23(24(35)36)40-25(31-17)32-13-14-33(41(37,38)21-9-7-20(8-10-21)39-26(27,28)29)19(16-32)15-22(34)30-12-11-18-5-3-2-4-6-18/h2-10,19H,11-16H2,1H3,(H,30,34)(H,35,36)/t19-/m0/s1. The van der Waals surface area contributed by atoms with E-state index in [0.29, 0.717) is 23.8 Å². The van der Waals surface area contributed by atoms with E-state index >= 15 is 0 Å². The third-order valence-corrected chi connectivity index (χ3v) is 9.51. The monoisotopic (exact) mass is 612 g/mol. The van der Waals surface area contributed by atoms with Crippen molar-refractivity contribution < 1.29 is 41.0 Å². The third kappa shape index (κ3) is 7.74. The maximum atomic E-state index is 13.6. The first-order valence-electron chi connectivity index (χ1n) is 12.5. The Morgan fingerprint density at radius 2 is 1.80 bits per heavy atom. The first kappa shape index (κ1) is 30.3. The van der Waals surface area contributed by atoms with Gasteiger partial charge >= 0.3 is 12.3 Å². The normalized spacial score (nSPS) is 16.4. The summed E-state index contributed by atoms with van der Waals surface area (Å²) in [6.07, 6.45) is -4.55. The molecule has 1 atom stereocenters. The topological polar surface area (TPSA) is 129 Å². The van der Waals surface area contributed by atoms with Gasteiger partial charge in [0.05, 0.1) is 16.6 Å². The number of thiazole rings is 1. The largest absolute Gasteiger partial charge is 0.573 e. The van der Waals surface area contributed by atoms with Crippen LogP contribution in [-0.4, -0.2) is 73.3 Å². The van der Waals surface area contributed by atoms with Gasteiger partial charge in [-0.05, 0) is 43.2 Å². The molecule has 1 aliphatic heterocycles. The fourth-order valence-electron chi connectivity index (χ4n) is 4.44. The van der Waals surface area contributed by atoms with Crippen molar-refractivity contribution >= 4 is 38.4 Å². The molecule has 0 unspecified atom stereocenters. The number of aryl methyl sites for hydroxylation is 1. The molecule has 0 saturated carbocycles. The molecule has 3 aromatic rings. The zero-order valence-electron chi connectivity index (χ0n) is 21.8. The molecule has 0 spiro atoms. The van der Waals surface area contributed by atoms with Crippen LogP contribution in [0.1, 0.15) is 27.3 Å². The molecule has 10 nitrogen and oxygen atoms in total. The van der Waals surface area contributed by atoms with Gasteiger partial charge in [-0.3, -0.25) is 4.79 Å². The van der Waals surface area contributed by atoms with Gasteiger partial charge in [-0.2, -0.15) is 4.31 Å². The number of nitrogens with zero attached hydrogens (tertiary/aromatic N) is 3. The van der Waals surface area contributed by atoms with Gasteiger partial charge < -0.3 is 20.1 Å². The highest BCUT2D eigenvalue weighted by molar-refractivity contribution is 7.89. The van der Waals surface area contributed by atoms with Crippen LogP contribution in [0, 0.1) is 6.92 Å². The van der Waals surface area contributed by atoms with Crippen LogP contribution >= 0.6 is 11.3 Å². The molecule has 0 bridgehead atoms. The number of piperazine rings is 1. The molecule has 1 aromatic heterocycles. The average molecular weight is 613 g/mol. The van der Waals surface area contributed by atoms with Gasteiger partial charge in [0.2, 0.25) is 15.9 Å². The molecule has 4 rings (SSSR count). The zero-order chi connectivity index (χ0) is 29.8. The number of nitrogens with one attached hydrogen (secondary N) is 1. The minimum atomic E-state index is -4.93. The molecule has 2 heterocycles. The number of carbonyl (C=O) groups excluding carboxylic acids is 1. The Morgan fingerprint density at radius 1 is 1.12 bits per heavy atom. The Balaban J connectivity index is 1.53. The lowest BCUT2D eigenvalue weighted by atomic mass is 10.1. The van der Waals surface area contributed by atoms with E-state index in [-0.39, 0.29) is 41.7 Å². The Hall–Kier alpha value is -3.69. The number of hydrogen-bond donors (Lipinski definition) is 2. The maximum absolute atomic E-state index is 13.6. The number of halogens is 3. The van der Waals surface area contributed by atoms with Crippen molar-refractivity contribution in [2.45, 2.75) is 37.1 Å². The SMILES string of the molecule is Cc1nc(N2CCN(S(=O)(=O)c3ccc(OC(F)(F)F)cc3)[C@@H](CC(=O)NCCc3ccccc3)C2)sc1C(=O)O. The lowest BCUT2D eigenvalue weighted by molar-refractivity contribution is -0.274. The molecule has 15 heteroatoms. The summed E-state index contributed by atoms with van der Waals surface area (Å²) < 4.78 is 69.8. The van der Waals surface area contributed by atoms with Crippen LogP contribution in [0.3, 0.4) is 0 Å². The Morgan fingerprint density at radius 3 is 2.41 bits per heavy atom. The number of ether oxygens (including phenoxy) is 1. The maximum Gasteiger partial charge on any atom is 0.573 e. The highest BCUT2D eigenvalue weighted by Crippen LogP contribution is 2.31. The second-order valence-corrected chi connectivity index (χ2v) is 12.1. The Labute approximate surface area is 238 Å². The van der Waals surface area contributed by atoms with E-state index in [1.54, 1.807) is 11.8 Å². The van der Waals surface area contributed by atoms with Crippen molar-refractivity contribution in [1.29, 1.82) is 0 Å². The number of anilines is 1. The summed E-state index contributed by atoms with van der Waals surface area (Å²) in [4.78, 5) is 30.3. The van der Waals surface area contributed by atoms with Crippen molar-refractivity contribution in [3.05, 3.63) is 70.7 Å². The van der Waals surface area contributed by atoms with E-state index in [1.165, 1.54) is 0 Å². The summed E-state index contributed by atoms with van der Waals surface area (Å²) in [6.45, 7) is 2.04. The third-order valence-electron chi connectivity index (χ3n) is 6.34. The summed E-state index contributed by atoms with van der Waals surface area (Å²) in [7, 11) is -4.22. The van der Waals surface area contributed by atoms with E-state index in [0.717, 1.165) is 45.5 Å². The number of benzene rings is 2. The summed E-state index contributed by atoms with van der Waals surface area (Å²) in [6, 6.07) is 12.5. The molecule has 220 valence electrons. The van der Waals surface area contributed by atoms with Crippen molar-refractivity contribution in [3.8, 4) is 5.75 Å². The Kier molecular flexibility index (Phi) is 9.19. The lowest BCUT2D eigenvalue weighted by Crippen LogP contribution is -2.56. The minimum Gasteiger partial charge on any atom is -0.477 e. The molecule has 41 heavy (non-hydrogen) atoms. The molecule has 1 aliphatic rings. The lowest BCUT2D eigenvalue weighted by Gasteiger charge is -2.40. The van der Waals surface area contributed by atoms with Crippen molar-refractivity contribution in [2.75, 3.05) is 31.1 Å². The number of rotatable bonds is 10. The molecule has 1 saturated heterocycles. The molecule has 0 radical (unpaired) electrons. The van der Waals surface area contributed by atoms with Crippen LogP contribution in [0.5, 0.6) is 5.75 Å². The van der Waals surface area contributed by atoms with Crippen LogP contribution in [0.25, 0.3) is 0 Å². The van der Waals surface area contributed by atoms with Gasteiger partial charge in [-0.1, -0.05) is 41.7 Å². The second kappa shape index (κ2) is 12.4. The average Bonchev–Trinajstić information content (AvgIpc) is 3.30. The minimum absolute atomic E-state index is 0.0482. The number of sulfonamides is 1. The number of carboxylic acid groups (broad SMARTS) is 1. The van der Waals surface area contributed by atoms with Crippen LogP contribution in [0.2, 0.25) is 0 Å². The van der Waals surface area contributed by atoms with Gasteiger partial charge in [-0.15, -0.1) is 13.2 Å². The number of carbonyl (C=O) groups is 2. The number of amides is 1. The number of aromatic carboxylic acids is 1. The summed E-state index contributed by atoms with van der Waals surface area (Å²) >= 11 is 0.959. The summed E-state index contributed by atoms with van der Waals surface area (Å²) in [5.74, 6) is -2.08. The molecule has 1 fully saturated rings. The highest BCUT2D eigenvalue weighted by Gasteiger charge is 2.38. The number of carboxylic acids is 1. The van der Waals surface area contributed by atoms with Gasteiger partial charge in [0, 0.05) is 32.6 Å². The van der Waals surface area contributed by atoms with Crippen LogP contribution in [-0.2, 0) is 21.2 Å². The number of hydrogen-bond acceptors (Lipinski definition) is 8. The van der Waals surface area contributed by atoms with Crippen LogP contribution in [0.15, 0.2) is 59.5 Å². The zero-order valence-corrected chi connectivity index (χ0v) is 23.4. The summed E-state index contributed by atoms with van der Waals surface area (Å²) in [5, 5.41) is 12.6. The first-order chi connectivity index (χ1) is 19.3. The van der Waals surface area contributed by atoms with E-state index in [4.69, 9.17) is 0 Å². The van der Waals surface area contributed by atoms with Gasteiger partial charge in [-0.25, -0.2) is 18.2 Å². The van der Waals surface area contributed by atoms with E-state index in [1.807, 2.05) is 30.3 Å². The molecular formula is C26H27F3N4O6S2. The molecule has 2 aromatic carbocycles. The highest BCUT2D eigenvalue weighted by atomic mass is 32.2. The van der Waals surface area contributed by atoms with Crippen molar-refractivity contribution in [1.82, 2.24) is 14.6 Å². The molecular weight excluding hydrogens is 585 g/mol. The fourth-order valence-corrected chi connectivity index (χ4v) is 6.98. The van der Waals surface area contributed by atoms with Crippen molar-refractivity contribution in [3.63, 3.8) is 0 Å². The predicted octanol–water partition coefficient (Wildman–Crippen LogP) is 3.68. The van der Waals surface area contributed by atoms with Crippen LogP contribution < -0.4 is 15.0 Å². The molecule has 2 N–H and O–H groups in total. The summed E-state index contributed by atoms with van der Waals surface area (Å²) in [5.41, 5.74) is 1.34. The second-order valence-electron chi connectivity index (χ2n) is 9.24. The van der Waals surface area contributed by atoms with Crippen LogP contribution in [0.4, 0.5) is 18.3 Å². The number of aromatic nitrogens is 1. The van der Waals surface area contributed by atoms with Gasteiger partial charge in [0.1, 0.15) is 10.6 Å². The van der Waals surface area contributed by atoms with Gasteiger partial charge in [0.25, 0.3) is 0 Å². The fraction of sp³-hybridized carbons (Fsp3) is 0.346. The predicted molar refractivity (Wildman–Crippen MR) is 145 cm³/mol. The molecule has 0 aliphatic carbocycles.